The molecule has 0 spiro atoms. The Labute approximate surface area is 115 Å². The van der Waals surface area contributed by atoms with Gasteiger partial charge in [-0.15, -0.1) is 0 Å². The molecule has 1 heterocycles. The molecule has 0 saturated carbocycles. The molecular formula is C16H22N2O. The Hall–Kier alpha value is -1.77. The molecule has 0 unspecified atom stereocenters. The van der Waals surface area contributed by atoms with E-state index in [-0.39, 0.29) is 5.54 Å². The Morgan fingerprint density at radius 2 is 2.11 bits per heavy atom. The number of anilines is 1. The molecule has 2 rings (SSSR count). The van der Waals surface area contributed by atoms with Crippen LogP contribution >= 0.6 is 0 Å². The summed E-state index contributed by atoms with van der Waals surface area (Å²) in [5.74, 6) is 0. The summed E-state index contributed by atoms with van der Waals surface area (Å²) in [7, 11) is 0. The fourth-order valence-corrected chi connectivity index (χ4v) is 2.88. The van der Waals surface area contributed by atoms with E-state index in [4.69, 9.17) is 5.21 Å². The quantitative estimate of drug-likeness (QED) is 0.507. The van der Waals surface area contributed by atoms with Crippen molar-refractivity contribution in [1.29, 1.82) is 0 Å². The van der Waals surface area contributed by atoms with Gasteiger partial charge in [-0.1, -0.05) is 24.2 Å². The van der Waals surface area contributed by atoms with Crippen LogP contribution in [0.3, 0.4) is 0 Å². The zero-order chi connectivity index (χ0) is 14.0. The van der Waals surface area contributed by atoms with Crippen molar-refractivity contribution < 1.29 is 5.21 Å². The van der Waals surface area contributed by atoms with E-state index < -0.39 is 0 Å². The minimum absolute atomic E-state index is 0.0413. The lowest BCUT2D eigenvalue weighted by Crippen LogP contribution is -2.45. The van der Waals surface area contributed by atoms with E-state index in [1.165, 1.54) is 23.0 Å². The number of fused-ring (bicyclic) bond motifs is 1. The van der Waals surface area contributed by atoms with Crippen molar-refractivity contribution in [3.63, 3.8) is 0 Å². The summed E-state index contributed by atoms with van der Waals surface area (Å²) in [6, 6.07) is 6.20. The first-order valence-corrected chi connectivity index (χ1v) is 6.78. The average Bonchev–Trinajstić information content (AvgIpc) is 2.34. The van der Waals surface area contributed by atoms with E-state index in [2.05, 4.69) is 56.0 Å². The zero-order valence-corrected chi connectivity index (χ0v) is 12.1. The second-order valence-electron chi connectivity index (χ2n) is 5.65. The molecule has 0 fully saturated rings. The lowest BCUT2D eigenvalue weighted by molar-refractivity contribution is 0.322. The molecule has 0 bridgehead atoms. The Bertz CT molecular complexity index is 530. The van der Waals surface area contributed by atoms with Crippen LogP contribution in [0.2, 0.25) is 0 Å². The Morgan fingerprint density at radius 1 is 1.37 bits per heavy atom. The SMILES string of the molecule is CCCN1c2ccc(C=NO)cc2C(C)=CC1(C)C. The molecule has 1 N–H and O–H groups in total. The van der Waals surface area contributed by atoms with Crippen LogP contribution in [0, 0.1) is 0 Å². The molecule has 19 heavy (non-hydrogen) atoms. The highest BCUT2D eigenvalue weighted by molar-refractivity contribution is 5.87. The molecule has 3 heteroatoms. The summed E-state index contributed by atoms with van der Waals surface area (Å²) in [5.41, 5.74) is 4.73. The Kier molecular flexibility index (Phi) is 3.65. The van der Waals surface area contributed by atoms with Gasteiger partial charge in [-0.25, -0.2) is 0 Å². The van der Waals surface area contributed by atoms with E-state index in [1.54, 1.807) is 0 Å². The molecular weight excluding hydrogens is 236 g/mol. The first-order valence-electron chi connectivity index (χ1n) is 6.78. The molecule has 1 aliphatic heterocycles. The molecule has 0 amide bonds. The third-order valence-electron chi connectivity index (χ3n) is 3.66. The number of hydrogen-bond acceptors (Lipinski definition) is 3. The number of rotatable bonds is 3. The van der Waals surface area contributed by atoms with Crippen LogP contribution in [0.15, 0.2) is 29.4 Å². The highest BCUT2D eigenvalue weighted by Gasteiger charge is 2.30. The Balaban J connectivity index is 2.54. The van der Waals surface area contributed by atoms with Crippen LogP contribution < -0.4 is 4.90 Å². The van der Waals surface area contributed by atoms with E-state index in [9.17, 15) is 0 Å². The van der Waals surface area contributed by atoms with Gasteiger partial charge < -0.3 is 10.1 Å². The lowest BCUT2D eigenvalue weighted by Gasteiger charge is -2.43. The summed E-state index contributed by atoms with van der Waals surface area (Å²) >= 11 is 0. The highest BCUT2D eigenvalue weighted by Crippen LogP contribution is 2.39. The predicted molar refractivity (Wildman–Crippen MR) is 81.2 cm³/mol. The van der Waals surface area contributed by atoms with E-state index in [1.807, 2.05) is 6.07 Å². The van der Waals surface area contributed by atoms with Gasteiger partial charge >= 0.3 is 0 Å². The number of oxime groups is 1. The van der Waals surface area contributed by atoms with Crippen LogP contribution in [-0.2, 0) is 0 Å². The number of nitrogens with zero attached hydrogens (tertiary/aromatic N) is 2. The second kappa shape index (κ2) is 5.08. The average molecular weight is 258 g/mol. The largest absolute Gasteiger partial charge is 0.411 e. The van der Waals surface area contributed by atoms with Gasteiger partial charge in [0, 0.05) is 17.8 Å². The smallest absolute Gasteiger partial charge is 0.0734 e. The summed E-state index contributed by atoms with van der Waals surface area (Å²) in [6.07, 6.45) is 4.90. The lowest BCUT2D eigenvalue weighted by atomic mass is 9.88. The van der Waals surface area contributed by atoms with Gasteiger partial charge in [-0.05, 0) is 50.5 Å². The number of allylic oxidation sites excluding steroid dienone is 1. The van der Waals surface area contributed by atoms with Gasteiger partial charge in [-0.3, -0.25) is 0 Å². The molecule has 0 aliphatic carbocycles. The van der Waals surface area contributed by atoms with Crippen molar-refractivity contribution in [2.45, 2.75) is 39.7 Å². The highest BCUT2D eigenvalue weighted by atomic mass is 16.4. The third kappa shape index (κ3) is 2.50. The fraction of sp³-hybridized carbons (Fsp3) is 0.438. The molecule has 1 aliphatic rings. The van der Waals surface area contributed by atoms with Gasteiger partial charge in [0.05, 0.1) is 11.8 Å². The molecule has 0 aromatic heterocycles. The predicted octanol–water partition coefficient (Wildman–Crippen LogP) is 3.91. The second-order valence-corrected chi connectivity index (χ2v) is 5.65. The maximum Gasteiger partial charge on any atom is 0.0734 e. The van der Waals surface area contributed by atoms with Crippen molar-refractivity contribution >= 4 is 17.5 Å². The standard InChI is InChI=1S/C16H22N2O/c1-5-8-18-15-7-6-13(11-17-19)9-14(15)12(2)10-16(18,3)4/h6-7,9-11,19H,5,8H2,1-4H3. The molecule has 1 aromatic rings. The van der Waals surface area contributed by atoms with Crippen LogP contribution in [-0.4, -0.2) is 23.5 Å². The van der Waals surface area contributed by atoms with E-state index in [0.717, 1.165) is 18.5 Å². The van der Waals surface area contributed by atoms with Crippen molar-refractivity contribution in [3.8, 4) is 0 Å². The van der Waals surface area contributed by atoms with Crippen molar-refractivity contribution in [2.75, 3.05) is 11.4 Å². The van der Waals surface area contributed by atoms with Gasteiger partial charge in [0.2, 0.25) is 0 Å². The molecule has 3 nitrogen and oxygen atoms in total. The minimum atomic E-state index is 0.0413. The first-order chi connectivity index (χ1) is 8.99. The first kappa shape index (κ1) is 13.7. The maximum absolute atomic E-state index is 8.65. The van der Waals surface area contributed by atoms with Gasteiger partial charge in [0.15, 0.2) is 0 Å². The third-order valence-corrected chi connectivity index (χ3v) is 3.66. The Morgan fingerprint density at radius 3 is 2.74 bits per heavy atom. The summed E-state index contributed by atoms with van der Waals surface area (Å²) in [4.78, 5) is 2.44. The molecule has 102 valence electrons. The summed E-state index contributed by atoms with van der Waals surface area (Å²) < 4.78 is 0. The topological polar surface area (TPSA) is 35.8 Å². The maximum atomic E-state index is 8.65. The number of benzene rings is 1. The minimum Gasteiger partial charge on any atom is -0.411 e. The number of hydrogen-bond donors (Lipinski definition) is 1. The van der Waals surface area contributed by atoms with E-state index >= 15 is 0 Å². The molecule has 0 saturated heterocycles. The van der Waals surface area contributed by atoms with Crippen LogP contribution in [0.4, 0.5) is 5.69 Å². The van der Waals surface area contributed by atoms with Gasteiger partial charge in [-0.2, -0.15) is 0 Å². The molecule has 0 atom stereocenters. The summed E-state index contributed by atoms with van der Waals surface area (Å²) in [6.45, 7) is 9.88. The van der Waals surface area contributed by atoms with E-state index in [0.29, 0.717) is 0 Å². The van der Waals surface area contributed by atoms with Crippen molar-refractivity contribution in [2.24, 2.45) is 5.16 Å². The summed E-state index contributed by atoms with van der Waals surface area (Å²) in [5, 5.41) is 11.8. The van der Waals surface area contributed by atoms with Gasteiger partial charge in [0.1, 0.15) is 0 Å². The van der Waals surface area contributed by atoms with Crippen LogP contribution in [0.1, 0.15) is 45.2 Å². The van der Waals surface area contributed by atoms with Crippen molar-refractivity contribution in [3.05, 3.63) is 35.4 Å². The van der Waals surface area contributed by atoms with Crippen molar-refractivity contribution in [1.82, 2.24) is 0 Å². The monoisotopic (exact) mass is 258 g/mol. The molecule has 0 radical (unpaired) electrons. The van der Waals surface area contributed by atoms with Crippen LogP contribution in [0.25, 0.3) is 5.57 Å². The fourth-order valence-electron chi connectivity index (χ4n) is 2.88. The normalized spacial score (nSPS) is 17.5. The van der Waals surface area contributed by atoms with Crippen LogP contribution in [0.5, 0.6) is 0 Å². The zero-order valence-electron chi connectivity index (χ0n) is 12.1. The molecule has 1 aromatic carbocycles. The van der Waals surface area contributed by atoms with Gasteiger partial charge in [0.25, 0.3) is 0 Å².